The van der Waals surface area contributed by atoms with Crippen LogP contribution in [0, 0.1) is 13.8 Å². The predicted octanol–water partition coefficient (Wildman–Crippen LogP) is 2.56. The molecule has 30 heavy (non-hydrogen) atoms. The Morgan fingerprint density at radius 3 is 0.933 bits per heavy atom. The molecule has 0 spiro atoms. The Morgan fingerprint density at radius 1 is 0.600 bits per heavy atom. The first-order chi connectivity index (χ1) is 12.9. The molecule has 2 rings (SSSR count). The van der Waals surface area contributed by atoms with Crippen molar-refractivity contribution in [3.63, 3.8) is 0 Å². The van der Waals surface area contributed by atoms with Crippen molar-refractivity contribution in [3.05, 3.63) is 73.5 Å². The van der Waals surface area contributed by atoms with Crippen LogP contribution in [-0.2, 0) is 40.8 Å². The van der Waals surface area contributed by atoms with Gasteiger partial charge in [-0.15, -0.1) is 12.1 Å². The maximum atomic E-state index is 7.61. The van der Waals surface area contributed by atoms with Crippen molar-refractivity contribution < 1.29 is 61.3 Å². The molecule has 0 aliphatic heterocycles. The van der Waals surface area contributed by atoms with Crippen LogP contribution < -0.4 is 10.6 Å². The third kappa shape index (κ3) is 22.9. The molecule has 4 nitrogen and oxygen atoms in total. The van der Waals surface area contributed by atoms with Gasteiger partial charge in [-0.3, -0.25) is 0 Å². The van der Waals surface area contributed by atoms with E-state index in [4.69, 9.17) is 20.4 Å². The molecule has 0 fully saturated rings. The van der Waals surface area contributed by atoms with E-state index in [2.05, 4.69) is 76.9 Å². The molecule has 0 aromatic heterocycles. The zero-order valence-electron chi connectivity index (χ0n) is 18.6. The maximum absolute atomic E-state index is 7.61. The van der Waals surface area contributed by atoms with Crippen LogP contribution in [-0.4, -0.2) is 59.7 Å². The van der Waals surface area contributed by atoms with Gasteiger partial charge in [0.1, 0.15) is 12.6 Å². The minimum atomic E-state index is -1.17. The molecule has 2 aromatic carbocycles. The zero-order valence-corrected chi connectivity index (χ0v) is 23.7. The summed E-state index contributed by atoms with van der Waals surface area (Å²) in [4.78, 5) is 0. The molecule has 0 aliphatic carbocycles. The molecule has 0 saturated heterocycles. The van der Waals surface area contributed by atoms with E-state index in [0.717, 1.165) is 0 Å². The summed E-state index contributed by atoms with van der Waals surface area (Å²) in [6, 6.07) is 16.8. The van der Waals surface area contributed by atoms with Crippen LogP contribution in [0.15, 0.2) is 48.5 Å². The van der Waals surface area contributed by atoms with E-state index in [1.807, 2.05) is 12.1 Å². The standard InChI is InChI=1S/2C9H12P.2C2H6O2.2Pd/c2*1-8-6-4-5-7-9(8)10(2)3;2*1-2(3)4;;/h2*4-7H,1H2,2-3H3;2*2-4H,1H3;;/q2*-1;;;;/p+2. The zero-order chi connectivity index (χ0) is 22.3. The topological polar surface area (TPSA) is 80.9 Å². The second-order valence-corrected chi connectivity index (χ2v) is 11.7. The third-order valence-corrected chi connectivity index (χ3v) is 6.24. The Morgan fingerprint density at radius 2 is 0.800 bits per heavy atom. The van der Waals surface area contributed by atoms with Gasteiger partial charge < -0.3 is 20.4 Å². The quantitative estimate of drug-likeness (QED) is 0.176. The van der Waals surface area contributed by atoms with Gasteiger partial charge in [0.25, 0.3) is 0 Å². The van der Waals surface area contributed by atoms with Crippen LogP contribution in [0.3, 0.4) is 0 Å². The second kappa shape index (κ2) is 22.4. The van der Waals surface area contributed by atoms with Gasteiger partial charge in [0.2, 0.25) is 0 Å². The van der Waals surface area contributed by atoms with Crippen molar-refractivity contribution >= 4 is 26.5 Å². The Labute approximate surface area is 213 Å². The molecule has 0 heterocycles. The first kappa shape index (κ1) is 37.5. The van der Waals surface area contributed by atoms with E-state index >= 15 is 0 Å². The molecule has 0 atom stereocenters. The molecule has 0 amide bonds. The molecular weight excluding hydrogens is 603 g/mol. The Bertz CT molecular complexity index is 579. The fourth-order valence-electron chi connectivity index (χ4n) is 2.02. The molecule has 4 N–H and O–H groups in total. The molecular formula is C22H38O4P2Pd2. The number of benzene rings is 2. The van der Waals surface area contributed by atoms with Crippen LogP contribution in [0.1, 0.15) is 25.0 Å². The van der Waals surface area contributed by atoms with Crippen molar-refractivity contribution in [1.82, 2.24) is 0 Å². The fraction of sp³-hybridized carbons (Fsp3) is 0.364. The van der Waals surface area contributed by atoms with Crippen LogP contribution in [0.25, 0.3) is 0 Å². The Balaban J connectivity index is -0.000000160. The third-order valence-electron chi connectivity index (χ3n) is 3.11. The summed E-state index contributed by atoms with van der Waals surface area (Å²) >= 11 is 0. The average molecular weight is 641 g/mol. The van der Waals surface area contributed by atoms with Crippen molar-refractivity contribution in [1.29, 1.82) is 0 Å². The molecule has 0 aliphatic rings. The average Bonchev–Trinajstić information content (AvgIpc) is 2.54. The smallest absolute Gasteiger partial charge is 0.148 e. The number of rotatable bonds is 2. The van der Waals surface area contributed by atoms with Crippen LogP contribution in [0.4, 0.5) is 0 Å². The van der Waals surface area contributed by atoms with Gasteiger partial charge in [0.05, 0.1) is 0 Å². The molecule has 0 unspecified atom stereocenters. The predicted molar refractivity (Wildman–Crippen MR) is 129 cm³/mol. The van der Waals surface area contributed by atoms with E-state index in [0.29, 0.717) is 0 Å². The first-order valence-electron chi connectivity index (χ1n) is 9.05. The molecule has 0 radical (unpaired) electrons. The van der Waals surface area contributed by atoms with Crippen molar-refractivity contribution in [2.24, 2.45) is 0 Å². The monoisotopic (exact) mass is 640 g/mol. The second-order valence-electron chi connectivity index (χ2n) is 6.58. The minimum absolute atomic E-state index is 0. The summed E-state index contributed by atoms with van der Waals surface area (Å²) in [5, 5.41) is 33.3. The number of hydrogen-bond acceptors (Lipinski definition) is 4. The van der Waals surface area contributed by atoms with Crippen molar-refractivity contribution in [2.75, 3.05) is 26.7 Å². The summed E-state index contributed by atoms with van der Waals surface area (Å²) in [6.45, 7) is 19.6. The van der Waals surface area contributed by atoms with Gasteiger partial charge in [0.15, 0.2) is 0 Å². The van der Waals surface area contributed by atoms with Crippen LogP contribution in [0.5, 0.6) is 0 Å². The number of aliphatic hydroxyl groups is 4. The van der Waals surface area contributed by atoms with Gasteiger partial charge >= 0.3 is 0 Å². The molecule has 0 bridgehead atoms. The minimum Gasteiger partial charge on any atom is -0.368 e. The molecule has 0 saturated carbocycles. The van der Waals surface area contributed by atoms with Crippen LogP contribution in [0.2, 0.25) is 0 Å². The van der Waals surface area contributed by atoms with E-state index in [-0.39, 0.29) is 56.7 Å². The fourth-order valence-corrected chi connectivity index (χ4v) is 4.33. The van der Waals surface area contributed by atoms with Crippen molar-refractivity contribution in [3.8, 4) is 0 Å². The summed E-state index contributed by atoms with van der Waals surface area (Å²) in [6.07, 6.45) is -2.33. The number of aliphatic hydroxyl groups excluding tert-OH is 2. The van der Waals surface area contributed by atoms with Crippen molar-refractivity contribution in [2.45, 2.75) is 26.4 Å². The largest absolute Gasteiger partial charge is 0.368 e. The summed E-state index contributed by atoms with van der Waals surface area (Å²) in [5.74, 6) is 0. The van der Waals surface area contributed by atoms with Crippen LogP contribution >= 0.6 is 15.8 Å². The maximum Gasteiger partial charge on any atom is 0.148 e. The normalized spacial score (nSPS) is 9.27. The molecule has 8 heteroatoms. The summed E-state index contributed by atoms with van der Waals surface area (Å²) < 4.78 is 0. The van der Waals surface area contributed by atoms with E-state index in [9.17, 15) is 0 Å². The summed E-state index contributed by atoms with van der Waals surface area (Å²) in [7, 11) is -0.610. The number of hydrogen-bond donors (Lipinski definition) is 4. The molecule has 180 valence electrons. The first-order valence-corrected chi connectivity index (χ1v) is 14.0. The van der Waals surface area contributed by atoms with Gasteiger partial charge in [-0.25, -0.2) is 0 Å². The Kier molecular flexibility index (Phi) is 28.0. The summed E-state index contributed by atoms with van der Waals surface area (Å²) in [5.41, 5.74) is 2.39. The van der Waals surface area contributed by atoms with Gasteiger partial charge in [-0.2, -0.15) is 37.1 Å². The van der Waals surface area contributed by atoms with E-state index in [1.165, 1.54) is 35.6 Å². The molecule has 2 aromatic rings. The van der Waals surface area contributed by atoms with Gasteiger partial charge in [-0.1, -0.05) is 24.3 Å². The SMILES string of the molecule is CC(O)O.CC(O)O.[CH2-]c1ccccc1[PH+](C)C.[CH2-]c1ccccc1[PH+](C)C.[Pd].[Pd]. The van der Waals surface area contributed by atoms with E-state index in [1.54, 1.807) is 0 Å². The van der Waals surface area contributed by atoms with Gasteiger partial charge in [0, 0.05) is 67.5 Å². The van der Waals surface area contributed by atoms with Gasteiger partial charge in [-0.05, 0) is 40.3 Å². The van der Waals surface area contributed by atoms with E-state index < -0.39 is 12.6 Å². The Hall–Kier alpha value is 0.205.